The highest BCUT2D eigenvalue weighted by Gasteiger charge is 2.41. The number of halogens is 2. The molecule has 9 heteroatoms. The molecule has 174 valence electrons. The zero-order chi connectivity index (χ0) is 24.4. The standard InChI is InChI=1S/C25H19I2NO5S/c1-14(24(30)32-2)28-23(29)21(34-25(28)31)12-16-10-19(26)22(20(27)11-16)33-13-15-7-8-17-5-3-4-6-18(17)9-15/h3-12,14H,13H2,1-2H3/b21-12+/t14-/m1/s1. The van der Waals surface area contributed by atoms with Crippen molar-refractivity contribution in [3.05, 3.63) is 77.8 Å². The summed E-state index contributed by atoms with van der Waals surface area (Å²) in [5.74, 6) is -0.381. The molecule has 1 atom stereocenters. The van der Waals surface area contributed by atoms with Gasteiger partial charge in [-0.15, -0.1) is 0 Å². The number of imide groups is 1. The maximum absolute atomic E-state index is 12.8. The smallest absolute Gasteiger partial charge is 0.328 e. The molecule has 0 unspecified atom stereocenters. The predicted octanol–water partition coefficient (Wildman–Crippen LogP) is 6.23. The monoisotopic (exact) mass is 699 g/mol. The average molecular weight is 699 g/mol. The van der Waals surface area contributed by atoms with Crippen molar-refractivity contribution in [2.45, 2.75) is 19.6 Å². The summed E-state index contributed by atoms with van der Waals surface area (Å²) in [7, 11) is 1.22. The molecule has 3 aromatic carbocycles. The van der Waals surface area contributed by atoms with E-state index in [4.69, 9.17) is 4.74 Å². The summed E-state index contributed by atoms with van der Waals surface area (Å²) in [5, 5.41) is 1.86. The molecular formula is C25H19I2NO5S. The molecule has 0 bridgehead atoms. The van der Waals surface area contributed by atoms with Crippen molar-refractivity contribution in [1.82, 2.24) is 4.90 Å². The van der Waals surface area contributed by atoms with Crippen molar-refractivity contribution >= 4 is 90.9 Å². The Morgan fingerprint density at radius 2 is 1.74 bits per heavy atom. The molecule has 4 rings (SSSR count). The van der Waals surface area contributed by atoms with E-state index in [2.05, 4.69) is 80.3 Å². The van der Waals surface area contributed by atoms with Crippen LogP contribution < -0.4 is 4.74 Å². The van der Waals surface area contributed by atoms with Crippen LogP contribution in [-0.2, 0) is 20.9 Å². The second-order valence-corrected chi connectivity index (χ2v) is 10.9. The Morgan fingerprint density at radius 3 is 2.41 bits per heavy atom. The molecule has 2 amide bonds. The Bertz CT molecular complexity index is 1320. The Balaban J connectivity index is 1.52. The molecule has 0 N–H and O–H groups in total. The van der Waals surface area contributed by atoms with Gasteiger partial charge in [0.05, 0.1) is 19.2 Å². The third kappa shape index (κ3) is 5.25. The van der Waals surface area contributed by atoms with Crippen LogP contribution >= 0.6 is 56.9 Å². The Labute approximate surface area is 228 Å². The van der Waals surface area contributed by atoms with E-state index in [0.717, 1.165) is 40.7 Å². The topological polar surface area (TPSA) is 72.9 Å². The summed E-state index contributed by atoms with van der Waals surface area (Å²) >= 11 is 5.22. The molecule has 1 aliphatic rings. The summed E-state index contributed by atoms with van der Waals surface area (Å²) in [6, 6.07) is 17.3. The molecular weight excluding hydrogens is 680 g/mol. The lowest BCUT2D eigenvalue weighted by atomic mass is 10.1. The number of ether oxygens (including phenoxy) is 2. The Kier molecular flexibility index (Phi) is 7.83. The quantitative estimate of drug-likeness (QED) is 0.173. The molecule has 1 aliphatic heterocycles. The van der Waals surface area contributed by atoms with E-state index >= 15 is 0 Å². The van der Waals surface area contributed by atoms with Gasteiger partial charge in [0.25, 0.3) is 11.1 Å². The number of benzene rings is 3. The molecule has 1 saturated heterocycles. The number of nitrogens with zero attached hydrogens (tertiary/aromatic N) is 1. The van der Waals surface area contributed by atoms with Crippen molar-refractivity contribution in [3.63, 3.8) is 0 Å². The first kappa shape index (κ1) is 25.0. The van der Waals surface area contributed by atoms with Gasteiger partial charge in [0.15, 0.2) is 0 Å². The Morgan fingerprint density at radius 1 is 1.06 bits per heavy atom. The van der Waals surface area contributed by atoms with Crippen LogP contribution in [0.1, 0.15) is 18.1 Å². The van der Waals surface area contributed by atoms with Crippen molar-refractivity contribution in [2.24, 2.45) is 0 Å². The number of rotatable bonds is 6. The summed E-state index contributed by atoms with van der Waals surface area (Å²) in [4.78, 5) is 38.1. The SMILES string of the molecule is COC(=O)[C@@H](C)N1C(=O)S/C(=C/c2cc(I)c(OCc3ccc4ccccc4c3)c(I)c2)C1=O. The predicted molar refractivity (Wildman–Crippen MR) is 149 cm³/mol. The summed E-state index contributed by atoms with van der Waals surface area (Å²) in [6.07, 6.45) is 1.66. The zero-order valence-electron chi connectivity index (χ0n) is 18.2. The normalized spacial score (nSPS) is 15.8. The van der Waals surface area contributed by atoms with Crippen molar-refractivity contribution in [1.29, 1.82) is 0 Å². The zero-order valence-corrected chi connectivity index (χ0v) is 23.3. The van der Waals surface area contributed by atoms with Gasteiger partial charge in [-0.05, 0) is 110 Å². The molecule has 1 heterocycles. The first-order chi connectivity index (χ1) is 16.3. The fourth-order valence-corrected chi connectivity index (χ4v) is 6.56. The lowest BCUT2D eigenvalue weighted by molar-refractivity contribution is -0.148. The van der Waals surface area contributed by atoms with Crippen LogP contribution in [0.5, 0.6) is 5.75 Å². The maximum atomic E-state index is 12.8. The fraction of sp³-hybridized carbons (Fsp3) is 0.160. The first-order valence-corrected chi connectivity index (χ1v) is 13.2. The third-order valence-corrected chi connectivity index (χ3v) is 7.75. The maximum Gasteiger partial charge on any atom is 0.328 e. The molecule has 1 fully saturated rings. The van der Waals surface area contributed by atoms with E-state index < -0.39 is 23.2 Å². The summed E-state index contributed by atoms with van der Waals surface area (Å²) < 4.78 is 12.6. The van der Waals surface area contributed by atoms with Crippen LogP contribution in [0.2, 0.25) is 0 Å². The van der Waals surface area contributed by atoms with Crippen molar-refractivity contribution in [3.8, 4) is 5.75 Å². The van der Waals surface area contributed by atoms with Crippen molar-refractivity contribution < 1.29 is 23.9 Å². The van der Waals surface area contributed by atoms with E-state index in [9.17, 15) is 14.4 Å². The highest BCUT2D eigenvalue weighted by molar-refractivity contribution is 14.1. The lowest BCUT2D eigenvalue weighted by Gasteiger charge is -2.18. The molecule has 0 spiro atoms. The van der Waals surface area contributed by atoms with E-state index in [1.54, 1.807) is 6.08 Å². The van der Waals surface area contributed by atoms with Crippen molar-refractivity contribution in [2.75, 3.05) is 7.11 Å². The number of esters is 1. The van der Waals surface area contributed by atoms with Gasteiger partial charge >= 0.3 is 5.97 Å². The van der Waals surface area contributed by atoms with Gasteiger partial charge in [0.1, 0.15) is 18.4 Å². The summed E-state index contributed by atoms with van der Waals surface area (Å²) in [6.45, 7) is 1.90. The van der Waals surface area contributed by atoms with Crippen LogP contribution in [-0.4, -0.2) is 35.2 Å². The highest BCUT2D eigenvalue weighted by atomic mass is 127. The largest absolute Gasteiger partial charge is 0.487 e. The van der Waals surface area contributed by atoms with E-state index in [-0.39, 0.29) is 4.91 Å². The van der Waals surface area contributed by atoms with Gasteiger partial charge < -0.3 is 9.47 Å². The highest BCUT2D eigenvalue weighted by Crippen LogP contribution is 2.36. The molecule has 0 aromatic heterocycles. The number of hydrogen-bond acceptors (Lipinski definition) is 6. The van der Waals surface area contributed by atoms with E-state index in [1.165, 1.54) is 24.8 Å². The number of thioether (sulfide) groups is 1. The molecule has 0 radical (unpaired) electrons. The molecule has 3 aromatic rings. The minimum Gasteiger partial charge on any atom is -0.487 e. The van der Waals surface area contributed by atoms with Gasteiger partial charge in [-0.1, -0.05) is 36.4 Å². The van der Waals surface area contributed by atoms with E-state index in [1.807, 2.05) is 24.3 Å². The Hall–Kier alpha value is -2.12. The van der Waals surface area contributed by atoms with E-state index in [0.29, 0.717) is 6.61 Å². The number of hydrogen-bond donors (Lipinski definition) is 0. The van der Waals surface area contributed by atoms with Gasteiger partial charge in [-0.2, -0.15) is 0 Å². The molecule has 6 nitrogen and oxygen atoms in total. The van der Waals surface area contributed by atoms with Crippen LogP contribution in [0.4, 0.5) is 4.79 Å². The fourth-order valence-electron chi connectivity index (χ4n) is 3.53. The molecule has 0 aliphatic carbocycles. The minimum atomic E-state index is -0.977. The number of methoxy groups -OCH3 is 1. The van der Waals surface area contributed by atoms with Crippen LogP contribution in [0.3, 0.4) is 0 Å². The van der Waals surface area contributed by atoms with Gasteiger partial charge in [0, 0.05) is 0 Å². The third-order valence-electron chi connectivity index (χ3n) is 5.27. The van der Waals surface area contributed by atoms with Crippen LogP contribution in [0, 0.1) is 7.14 Å². The lowest BCUT2D eigenvalue weighted by Crippen LogP contribution is -2.42. The minimum absolute atomic E-state index is 0.261. The number of amides is 2. The van der Waals surface area contributed by atoms with Gasteiger partial charge in [0.2, 0.25) is 0 Å². The van der Waals surface area contributed by atoms with Gasteiger partial charge in [-0.25, -0.2) is 4.79 Å². The van der Waals surface area contributed by atoms with Crippen LogP contribution in [0.15, 0.2) is 59.5 Å². The average Bonchev–Trinajstić information content (AvgIpc) is 3.09. The molecule has 0 saturated carbocycles. The summed E-state index contributed by atoms with van der Waals surface area (Å²) in [5.41, 5.74) is 1.84. The second-order valence-electron chi connectivity index (χ2n) is 7.53. The number of carbonyl (C=O) groups excluding carboxylic acids is 3. The molecule has 34 heavy (non-hydrogen) atoms. The van der Waals surface area contributed by atoms with Gasteiger partial charge in [-0.3, -0.25) is 14.5 Å². The second kappa shape index (κ2) is 10.6. The number of fused-ring (bicyclic) bond motifs is 1. The first-order valence-electron chi connectivity index (χ1n) is 10.2. The number of carbonyl (C=O) groups is 3. The van der Waals surface area contributed by atoms with Crippen LogP contribution in [0.25, 0.3) is 16.8 Å².